The van der Waals surface area contributed by atoms with Crippen LogP contribution in [-0.2, 0) is 14.4 Å². The van der Waals surface area contributed by atoms with Gasteiger partial charge in [0.25, 0.3) is 5.91 Å². The fourth-order valence-corrected chi connectivity index (χ4v) is 2.23. The number of hydrogen-bond donors (Lipinski definition) is 2. The average molecular weight is 388 g/mol. The minimum Gasteiger partial charge on any atom is -0.355 e. The lowest BCUT2D eigenvalue weighted by molar-refractivity contribution is -0.123. The van der Waals surface area contributed by atoms with Crippen LogP contribution in [0.4, 0.5) is 23.2 Å². The van der Waals surface area contributed by atoms with E-state index in [-0.39, 0.29) is 36.2 Å². The summed E-state index contributed by atoms with van der Waals surface area (Å²) in [5.41, 5.74) is -1.66. The summed E-state index contributed by atoms with van der Waals surface area (Å²) in [6.45, 7) is 1.89. The van der Waals surface area contributed by atoms with Crippen LogP contribution in [0.2, 0.25) is 0 Å². The van der Waals surface area contributed by atoms with E-state index in [1.165, 1.54) is 0 Å². The van der Waals surface area contributed by atoms with Crippen LogP contribution in [0.5, 0.6) is 0 Å². The topological polar surface area (TPSA) is 90.9 Å². The normalized spacial score (nSPS) is 14.0. The summed E-state index contributed by atoms with van der Waals surface area (Å²) >= 11 is 0. The summed E-state index contributed by atoms with van der Waals surface area (Å²) in [6.07, 6.45) is 0.162. The molecule has 0 aliphatic carbocycles. The average Bonchev–Trinajstić information content (AvgIpc) is 2.64. The van der Waals surface area contributed by atoms with Crippen LogP contribution in [0, 0.1) is 23.3 Å². The third kappa shape index (κ3) is 4.60. The molecule has 1 aliphatic rings. The first-order valence-corrected chi connectivity index (χ1v) is 8.04. The van der Waals surface area contributed by atoms with Gasteiger partial charge in [0.1, 0.15) is 11.4 Å². The Balaban J connectivity index is 2.23. The minimum absolute atomic E-state index is 0.00512. The van der Waals surface area contributed by atoms with Crippen LogP contribution in [-0.4, -0.2) is 36.5 Å². The highest BCUT2D eigenvalue weighted by atomic mass is 19.2. The summed E-state index contributed by atoms with van der Waals surface area (Å²) in [4.78, 5) is 35.5. The van der Waals surface area contributed by atoms with Crippen LogP contribution in [0.3, 0.4) is 0 Å². The van der Waals surface area contributed by atoms with Gasteiger partial charge in [0, 0.05) is 25.5 Å². The standard InChI is InChI=1S/C16H16F4N4O3/c1-2-5-21-11(25)7-22-16(27)10-3-4-12(26)24(23-10)15-13(19)8(17)6-9(18)14(15)20/h6H,2-5,7H2,1H3,(H,21,25)(H,22,27). The van der Waals surface area contributed by atoms with Crippen molar-refractivity contribution in [1.82, 2.24) is 10.6 Å². The van der Waals surface area contributed by atoms with Gasteiger partial charge in [0.15, 0.2) is 23.3 Å². The first-order valence-electron chi connectivity index (χ1n) is 8.04. The number of benzene rings is 1. The molecule has 0 saturated heterocycles. The number of hydrogen-bond acceptors (Lipinski definition) is 4. The highest BCUT2D eigenvalue weighted by molar-refractivity contribution is 6.40. The Morgan fingerprint density at radius 1 is 1.11 bits per heavy atom. The lowest BCUT2D eigenvalue weighted by Crippen LogP contribution is -2.43. The zero-order valence-electron chi connectivity index (χ0n) is 14.2. The molecule has 1 aromatic carbocycles. The van der Waals surface area contributed by atoms with Crippen molar-refractivity contribution in [2.24, 2.45) is 5.10 Å². The summed E-state index contributed by atoms with van der Waals surface area (Å²) in [6, 6.07) is -0.00512. The number of nitrogens with one attached hydrogen (secondary N) is 2. The second-order valence-corrected chi connectivity index (χ2v) is 5.60. The van der Waals surface area contributed by atoms with Crippen LogP contribution < -0.4 is 15.6 Å². The predicted molar refractivity (Wildman–Crippen MR) is 86.7 cm³/mol. The molecular weight excluding hydrogens is 372 g/mol. The summed E-state index contributed by atoms with van der Waals surface area (Å²) in [7, 11) is 0. The molecule has 0 atom stereocenters. The molecule has 2 N–H and O–H groups in total. The van der Waals surface area contributed by atoms with Crippen molar-refractivity contribution in [3.63, 3.8) is 0 Å². The van der Waals surface area contributed by atoms with Crippen LogP contribution in [0.1, 0.15) is 26.2 Å². The second-order valence-electron chi connectivity index (χ2n) is 5.60. The first kappa shape index (κ1) is 20.3. The van der Waals surface area contributed by atoms with Gasteiger partial charge in [-0.2, -0.15) is 10.1 Å². The number of amides is 3. The van der Waals surface area contributed by atoms with Gasteiger partial charge in [-0.1, -0.05) is 6.92 Å². The van der Waals surface area contributed by atoms with E-state index in [2.05, 4.69) is 15.7 Å². The Kier molecular flexibility index (Phi) is 6.48. The predicted octanol–water partition coefficient (Wildman–Crippen LogP) is 1.37. The molecule has 1 aromatic rings. The van der Waals surface area contributed by atoms with E-state index in [1.54, 1.807) is 0 Å². The van der Waals surface area contributed by atoms with Gasteiger partial charge in [0.05, 0.1) is 6.54 Å². The van der Waals surface area contributed by atoms with E-state index in [9.17, 15) is 31.9 Å². The van der Waals surface area contributed by atoms with Gasteiger partial charge in [0.2, 0.25) is 11.8 Å². The Morgan fingerprint density at radius 3 is 2.33 bits per heavy atom. The van der Waals surface area contributed by atoms with Crippen molar-refractivity contribution in [3.05, 3.63) is 29.3 Å². The van der Waals surface area contributed by atoms with E-state index in [1.807, 2.05) is 6.92 Å². The van der Waals surface area contributed by atoms with E-state index >= 15 is 0 Å². The molecule has 1 aliphatic heterocycles. The van der Waals surface area contributed by atoms with Crippen LogP contribution in [0.15, 0.2) is 11.2 Å². The lowest BCUT2D eigenvalue weighted by Gasteiger charge is -2.24. The molecule has 0 saturated carbocycles. The van der Waals surface area contributed by atoms with Crippen molar-refractivity contribution in [2.45, 2.75) is 26.2 Å². The molecule has 11 heteroatoms. The van der Waals surface area contributed by atoms with Gasteiger partial charge in [-0.25, -0.2) is 17.6 Å². The van der Waals surface area contributed by atoms with E-state index in [4.69, 9.17) is 0 Å². The number of hydrazone groups is 1. The van der Waals surface area contributed by atoms with Crippen LogP contribution in [0.25, 0.3) is 0 Å². The molecule has 27 heavy (non-hydrogen) atoms. The Morgan fingerprint density at radius 2 is 1.74 bits per heavy atom. The molecule has 3 amide bonds. The molecule has 2 rings (SSSR count). The number of anilines is 1. The van der Waals surface area contributed by atoms with E-state index in [0.29, 0.717) is 13.0 Å². The van der Waals surface area contributed by atoms with Gasteiger partial charge < -0.3 is 10.6 Å². The minimum atomic E-state index is -1.81. The Labute approximate surface area is 151 Å². The highest BCUT2D eigenvalue weighted by Crippen LogP contribution is 2.30. The van der Waals surface area contributed by atoms with Crippen molar-refractivity contribution in [2.75, 3.05) is 18.1 Å². The molecule has 0 spiro atoms. The SMILES string of the molecule is CCCNC(=O)CNC(=O)C1=NN(c2c(F)c(F)cc(F)c2F)C(=O)CC1. The van der Waals surface area contributed by atoms with Gasteiger partial charge in [-0.15, -0.1) is 0 Å². The number of carbonyl (C=O) groups is 3. The molecule has 146 valence electrons. The number of rotatable bonds is 6. The monoisotopic (exact) mass is 388 g/mol. The maximum atomic E-state index is 13.9. The van der Waals surface area contributed by atoms with Crippen molar-refractivity contribution in [3.8, 4) is 0 Å². The third-order valence-corrected chi connectivity index (χ3v) is 3.58. The van der Waals surface area contributed by atoms with Crippen molar-refractivity contribution >= 4 is 29.1 Å². The second kappa shape index (κ2) is 8.60. The maximum absolute atomic E-state index is 13.9. The third-order valence-electron chi connectivity index (χ3n) is 3.58. The van der Waals surface area contributed by atoms with Crippen LogP contribution >= 0.6 is 0 Å². The van der Waals surface area contributed by atoms with E-state index in [0.717, 1.165) is 0 Å². The maximum Gasteiger partial charge on any atom is 0.267 e. The Bertz CT molecular complexity index is 787. The highest BCUT2D eigenvalue weighted by Gasteiger charge is 2.32. The zero-order valence-corrected chi connectivity index (χ0v) is 14.2. The summed E-state index contributed by atoms with van der Waals surface area (Å²) in [5, 5.41) is 8.40. The largest absolute Gasteiger partial charge is 0.355 e. The number of halogens is 4. The fourth-order valence-electron chi connectivity index (χ4n) is 2.23. The molecular formula is C16H16F4N4O3. The number of nitrogens with zero attached hydrogens (tertiary/aromatic N) is 2. The zero-order chi connectivity index (χ0) is 20.1. The fraction of sp³-hybridized carbons (Fsp3) is 0.375. The Hall–Kier alpha value is -2.98. The molecule has 0 unspecified atom stereocenters. The first-order chi connectivity index (χ1) is 12.8. The van der Waals surface area contributed by atoms with Crippen molar-refractivity contribution < 1.29 is 31.9 Å². The molecule has 1 heterocycles. The summed E-state index contributed by atoms with van der Waals surface area (Å²) in [5.74, 6) is -9.31. The quantitative estimate of drug-likeness (QED) is 0.570. The van der Waals surface area contributed by atoms with Gasteiger partial charge in [-0.05, 0) is 6.42 Å². The lowest BCUT2D eigenvalue weighted by atomic mass is 10.1. The van der Waals surface area contributed by atoms with Gasteiger partial charge in [-0.3, -0.25) is 14.4 Å². The smallest absolute Gasteiger partial charge is 0.267 e. The van der Waals surface area contributed by atoms with Crippen molar-refractivity contribution in [1.29, 1.82) is 0 Å². The molecule has 7 nitrogen and oxygen atoms in total. The molecule has 0 radical (unpaired) electrons. The molecule has 0 bridgehead atoms. The van der Waals surface area contributed by atoms with Gasteiger partial charge >= 0.3 is 0 Å². The molecule has 0 aromatic heterocycles. The molecule has 0 fully saturated rings. The summed E-state index contributed by atoms with van der Waals surface area (Å²) < 4.78 is 54.6. The van der Waals surface area contributed by atoms with E-state index < -0.39 is 46.7 Å². The number of carbonyl (C=O) groups excluding carboxylic acids is 3.